The first kappa shape index (κ1) is 23.7. The quantitative estimate of drug-likeness (QED) is 0.0776. The summed E-state index contributed by atoms with van der Waals surface area (Å²) in [6, 6.07) is 15.3. The minimum absolute atomic E-state index is 0. The van der Waals surface area contributed by atoms with Gasteiger partial charge in [-0.25, -0.2) is 4.79 Å². The monoisotopic (exact) mass is 531 g/mol. The average molecular weight is 532 g/mol. The van der Waals surface area contributed by atoms with Crippen LogP contribution in [0.5, 0.6) is 23.0 Å². The molecule has 10 heteroatoms. The number of nitrogens with zero attached hydrogens (tertiary/aromatic N) is 2. The predicted molar refractivity (Wildman–Crippen MR) is 141 cm³/mol. The van der Waals surface area contributed by atoms with Gasteiger partial charge in [0.1, 0.15) is 0 Å². The molecule has 0 unspecified atom stereocenters. The number of benzene rings is 4. The van der Waals surface area contributed by atoms with Gasteiger partial charge in [0.05, 0.1) is 33.8 Å². The van der Waals surface area contributed by atoms with Gasteiger partial charge in [0.25, 0.3) is 5.69 Å². The van der Waals surface area contributed by atoms with E-state index in [9.17, 15) is 14.9 Å². The van der Waals surface area contributed by atoms with Crippen molar-refractivity contribution in [3.05, 3.63) is 82.0 Å². The van der Waals surface area contributed by atoms with E-state index in [4.69, 9.17) is 18.9 Å². The zero-order valence-electron chi connectivity index (χ0n) is 20.1. The molecule has 2 aliphatic heterocycles. The topological polar surface area (TPSA) is 101 Å². The number of hydrogen-bond acceptors (Lipinski definition) is 7. The van der Waals surface area contributed by atoms with Crippen LogP contribution in [-0.2, 0) is 13.0 Å². The minimum Gasteiger partial charge on any atom is -0.493 e. The Morgan fingerprint density at radius 3 is 2.66 bits per heavy atom. The van der Waals surface area contributed by atoms with Crippen LogP contribution in [0.3, 0.4) is 0 Å². The highest BCUT2D eigenvalue weighted by Gasteiger charge is 2.30. The van der Waals surface area contributed by atoms with Gasteiger partial charge in [-0.3, -0.25) is 10.1 Å². The minimum atomic E-state index is -0.707. The molecule has 0 N–H and O–H groups in total. The van der Waals surface area contributed by atoms with E-state index in [1.807, 2.05) is 24.4 Å². The smallest absolute Gasteiger partial charge is 0.343 e. The van der Waals surface area contributed by atoms with Crippen molar-refractivity contribution in [2.24, 2.45) is 0 Å². The number of esters is 1. The molecular weight excluding hydrogens is 512 g/mol. The molecule has 9 nitrogen and oxygen atoms in total. The van der Waals surface area contributed by atoms with E-state index in [-0.39, 0.29) is 36.2 Å². The van der Waals surface area contributed by atoms with Gasteiger partial charge in [-0.05, 0) is 42.0 Å². The van der Waals surface area contributed by atoms with Gasteiger partial charge >= 0.3 is 5.97 Å². The van der Waals surface area contributed by atoms with Crippen LogP contribution in [0.15, 0.2) is 60.8 Å². The Morgan fingerprint density at radius 1 is 1.03 bits per heavy atom. The van der Waals surface area contributed by atoms with E-state index < -0.39 is 10.9 Å². The maximum Gasteiger partial charge on any atom is 0.343 e. The molecule has 0 bridgehead atoms. The van der Waals surface area contributed by atoms with Crippen LogP contribution in [0.2, 0.25) is 0 Å². The fourth-order valence-corrected chi connectivity index (χ4v) is 5.40. The summed E-state index contributed by atoms with van der Waals surface area (Å²) in [4.78, 5) is 23.7. The van der Waals surface area contributed by atoms with Crippen molar-refractivity contribution in [3.8, 4) is 23.0 Å². The number of aromatic nitrogens is 1. The first-order valence-corrected chi connectivity index (χ1v) is 11.7. The Bertz CT molecular complexity index is 1840. The van der Waals surface area contributed by atoms with Crippen LogP contribution in [0, 0.1) is 10.1 Å². The first-order valence-electron chi connectivity index (χ1n) is 11.7. The van der Waals surface area contributed by atoms with Crippen molar-refractivity contribution in [2.45, 2.75) is 13.0 Å². The van der Waals surface area contributed by atoms with Crippen molar-refractivity contribution < 1.29 is 33.2 Å². The van der Waals surface area contributed by atoms with Crippen LogP contribution in [0.25, 0.3) is 32.4 Å². The molecule has 1 aromatic heterocycles. The number of carbonyl (C=O) groups excluding carboxylic acids is 1. The zero-order chi connectivity index (χ0) is 25.3. The molecule has 0 amide bonds. The van der Waals surface area contributed by atoms with E-state index in [0.29, 0.717) is 11.1 Å². The summed E-state index contributed by atoms with van der Waals surface area (Å²) in [6.45, 7) is 0.941. The molecule has 38 heavy (non-hydrogen) atoms. The number of nitro benzene ring substituents is 1. The van der Waals surface area contributed by atoms with Gasteiger partial charge in [-0.15, -0.1) is 12.4 Å². The van der Waals surface area contributed by atoms with Gasteiger partial charge in [0, 0.05) is 29.3 Å². The number of nitro groups is 1. The third kappa shape index (κ3) is 3.39. The van der Waals surface area contributed by atoms with E-state index in [0.717, 1.165) is 51.5 Å². The molecule has 4 aromatic carbocycles. The number of hydrogen-bond donors (Lipinski definition) is 0. The number of halogens is 1. The molecule has 2 aliphatic rings. The Hall–Kier alpha value is -4.63. The molecule has 7 rings (SSSR count). The zero-order valence-corrected chi connectivity index (χ0v) is 20.9. The summed E-state index contributed by atoms with van der Waals surface area (Å²) >= 11 is 0. The lowest BCUT2D eigenvalue weighted by Crippen LogP contribution is -2.38. The largest absolute Gasteiger partial charge is 0.493 e. The SMILES string of the molecule is COc1ccc2c(c[n+]3c4c2ccc2c5c(cc(c24)CC3)OCO5)c1OC(=O)c1cccc([N+](=O)[O-])c1.Cl. The van der Waals surface area contributed by atoms with Crippen LogP contribution in [0.4, 0.5) is 5.69 Å². The van der Waals surface area contributed by atoms with Crippen molar-refractivity contribution in [1.29, 1.82) is 0 Å². The molecule has 0 spiro atoms. The highest BCUT2D eigenvalue weighted by Crippen LogP contribution is 2.46. The number of aryl methyl sites for hydroxylation is 2. The lowest BCUT2D eigenvalue weighted by molar-refractivity contribution is -0.670. The third-order valence-electron chi connectivity index (χ3n) is 7.04. The van der Waals surface area contributed by atoms with Crippen molar-refractivity contribution in [3.63, 3.8) is 0 Å². The van der Waals surface area contributed by atoms with Crippen molar-refractivity contribution in [2.75, 3.05) is 13.9 Å². The number of rotatable bonds is 4. The number of fused-ring (bicyclic) bond motifs is 4. The molecule has 5 aromatic rings. The molecule has 3 heterocycles. The third-order valence-corrected chi connectivity index (χ3v) is 7.04. The Morgan fingerprint density at radius 2 is 1.84 bits per heavy atom. The molecular formula is C28H20ClN2O7+. The van der Waals surface area contributed by atoms with Crippen LogP contribution in [-0.4, -0.2) is 24.8 Å². The van der Waals surface area contributed by atoms with Gasteiger partial charge in [-0.1, -0.05) is 6.07 Å². The Labute approximate surface area is 221 Å². The summed E-state index contributed by atoms with van der Waals surface area (Å²) < 4.78 is 25.0. The van der Waals surface area contributed by atoms with Crippen molar-refractivity contribution in [1.82, 2.24) is 0 Å². The number of ether oxygens (including phenoxy) is 4. The molecule has 190 valence electrons. The number of pyridine rings is 1. The second-order valence-corrected chi connectivity index (χ2v) is 8.98. The number of carbonyl (C=O) groups is 1. The van der Waals surface area contributed by atoms with E-state index in [1.165, 1.54) is 36.9 Å². The van der Waals surface area contributed by atoms with Crippen LogP contribution >= 0.6 is 12.4 Å². The molecule has 0 atom stereocenters. The van der Waals surface area contributed by atoms with Crippen molar-refractivity contribution >= 4 is 56.5 Å². The van der Waals surface area contributed by atoms with E-state index in [2.05, 4.69) is 10.6 Å². The Balaban J connectivity index is 0.00000264. The highest BCUT2D eigenvalue weighted by atomic mass is 35.5. The number of methoxy groups -OCH3 is 1. The Kier molecular flexibility index (Phi) is 5.46. The fraction of sp³-hybridized carbons (Fsp3) is 0.143. The lowest BCUT2D eigenvalue weighted by Gasteiger charge is -2.18. The maximum atomic E-state index is 13.1. The molecule has 0 fully saturated rings. The lowest BCUT2D eigenvalue weighted by atomic mass is 9.93. The average Bonchev–Trinajstić information content (AvgIpc) is 3.40. The molecule has 0 radical (unpaired) electrons. The second-order valence-electron chi connectivity index (χ2n) is 8.98. The van der Waals surface area contributed by atoms with E-state index >= 15 is 0 Å². The standard InChI is InChI=1S/C28H19N2O7.ClH/c1-34-22-8-7-18-19-5-6-20-24-15(12-23-26(20)36-14-35-23)9-10-29(25(19)24)13-21(18)27(22)37-28(31)16-3-2-4-17(11-16)30(32)33;/h2-8,11-13H,9-10,14H2,1H3;1H/q+1;. The first-order chi connectivity index (χ1) is 18.0. The molecule has 0 saturated carbocycles. The summed E-state index contributed by atoms with van der Waals surface area (Å²) in [6.07, 6.45) is 2.78. The summed E-state index contributed by atoms with van der Waals surface area (Å²) in [5.41, 5.74) is 2.17. The van der Waals surface area contributed by atoms with Gasteiger partial charge in [0.2, 0.25) is 12.3 Å². The molecule has 0 saturated heterocycles. The second kappa shape index (κ2) is 8.74. The normalized spacial score (nSPS) is 13.1. The number of non-ortho nitro benzene ring substituents is 1. The van der Waals surface area contributed by atoms with Gasteiger partial charge in [0.15, 0.2) is 35.7 Å². The van der Waals surface area contributed by atoms with Crippen LogP contribution in [0.1, 0.15) is 15.9 Å². The highest BCUT2D eigenvalue weighted by molar-refractivity contribution is 6.17. The predicted octanol–water partition coefficient (Wildman–Crippen LogP) is 5.28. The summed E-state index contributed by atoms with van der Waals surface area (Å²) in [5, 5.41) is 15.9. The van der Waals surface area contributed by atoms with Crippen LogP contribution < -0.4 is 23.5 Å². The summed E-state index contributed by atoms with van der Waals surface area (Å²) in [5.74, 6) is 1.48. The van der Waals surface area contributed by atoms with Gasteiger partial charge in [-0.2, -0.15) is 4.57 Å². The molecule has 0 aliphatic carbocycles. The van der Waals surface area contributed by atoms with Gasteiger partial charge < -0.3 is 18.9 Å². The summed E-state index contributed by atoms with van der Waals surface area (Å²) in [7, 11) is 1.51. The fourth-order valence-electron chi connectivity index (χ4n) is 5.40. The maximum absolute atomic E-state index is 13.1. The van der Waals surface area contributed by atoms with E-state index in [1.54, 1.807) is 6.07 Å².